The predicted octanol–water partition coefficient (Wildman–Crippen LogP) is 2.59. The number of amides is 1. The highest BCUT2D eigenvalue weighted by atomic mass is 32.1. The van der Waals surface area contributed by atoms with Gasteiger partial charge < -0.3 is 10.1 Å². The van der Waals surface area contributed by atoms with Crippen molar-refractivity contribution in [2.75, 3.05) is 27.3 Å². The molecule has 0 saturated heterocycles. The lowest BCUT2D eigenvalue weighted by Gasteiger charge is -2.20. The second kappa shape index (κ2) is 10.00. The maximum atomic E-state index is 12.6. The van der Waals surface area contributed by atoms with E-state index < -0.39 is 17.6 Å². The molecule has 9 heteroatoms. The second-order valence-electron chi connectivity index (χ2n) is 5.07. The minimum absolute atomic E-state index is 0.271. The molecule has 1 aromatic carbocycles. The van der Waals surface area contributed by atoms with Crippen LogP contribution in [0.5, 0.6) is 0 Å². The van der Waals surface area contributed by atoms with Gasteiger partial charge in [0.25, 0.3) is 5.91 Å². The monoisotopic (exact) mass is 375 g/mol. The number of carbonyl (C=O) groups is 1. The first-order chi connectivity index (χ1) is 11.7. The molecule has 0 aliphatic heterocycles. The van der Waals surface area contributed by atoms with Crippen molar-refractivity contribution in [3.63, 3.8) is 0 Å². The van der Waals surface area contributed by atoms with Crippen LogP contribution in [-0.2, 0) is 15.7 Å². The number of hydrazine groups is 1. The Balaban J connectivity index is 2.53. The van der Waals surface area contributed by atoms with Gasteiger partial charge in [-0.1, -0.05) is 12.1 Å². The van der Waals surface area contributed by atoms with Gasteiger partial charge in [-0.25, -0.2) is 0 Å². The van der Waals surface area contributed by atoms with E-state index in [1.54, 1.807) is 14.2 Å². The molecule has 2 N–H and O–H groups in total. The SMILES string of the molecule is COCCCNC(=S)N(C)NC(=O)/C=C/c1cccc(C(F)(F)F)c1. The molecule has 0 saturated carbocycles. The van der Waals surface area contributed by atoms with Crippen molar-refractivity contribution in [2.24, 2.45) is 0 Å². The molecule has 1 rings (SSSR count). The smallest absolute Gasteiger partial charge is 0.385 e. The van der Waals surface area contributed by atoms with Crippen molar-refractivity contribution in [1.82, 2.24) is 15.8 Å². The normalized spacial score (nSPS) is 11.4. The number of ether oxygens (including phenoxy) is 1. The summed E-state index contributed by atoms with van der Waals surface area (Å²) in [5.74, 6) is -0.513. The van der Waals surface area contributed by atoms with Gasteiger partial charge in [0.1, 0.15) is 0 Å². The van der Waals surface area contributed by atoms with Crippen molar-refractivity contribution in [3.05, 3.63) is 41.5 Å². The van der Waals surface area contributed by atoms with Crippen molar-refractivity contribution in [3.8, 4) is 0 Å². The van der Waals surface area contributed by atoms with E-state index in [0.717, 1.165) is 24.6 Å². The molecule has 0 radical (unpaired) electrons. The number of thiocarbonyl (C=S) groups is 1. The largest absolute Gasteiger partial charge is 0.416 e. The van der Waals surface area contributed by atoms with Gasteiger partial charge in [0.15, 0.2) is 5.11 Å². The van der Waals surface area contributed by atoms with Crippen molar-refractivity contribution in [2.45, 2.75) is 12.6 Å². The number of alkyl halides is 3. The standard InChI is InChI=1S/C16H20F3N3O2S/c1-22(15(25)20-9-4-10-24-2)21-14(23)8-7-12-5-3-6-13(11-12)16(17,18)19/h3,5-8,11H,4,9-10H2,1-2H3,(H,20,25)(H,21,23)/b8-7+. The molecule has 138 valence electrons. The Morgan fingerprint density at radius 1 is 1.40 bits per heavy atom. The molecule has 0 aliphatic rings. The molecule has 0 heterocycles. The maximum absolute atomic E-state index is 12.6. The number of halogens is 3. The third kappa shape index (κ3) is 7.99. The summed E-state index contributed by atoms with van der Waals surface area (Å²) in [5.41, 5.74) is 1.99. The van der Waals surface area contributed by atoms with Gasteiger partial charge in [0.2, 0.25) is 0 Å². The first-order valence-corrected chi connectivity index (χ1v) is 7.81. The molecular formula is C16H20F3N3O2S. The van der Waals surface area contributed by atoms with Crippen LogP contribution in [0.15, 0.2) is 30.3 Å². The van der Waals surface area contributed by atoms with Gasteiger partial charge in [-0.15, -0.1) is 0 Å². The average molecular weight is 375 g/mol. The Morgan fingerprint density at radius 3 is 2.76 bits per heavy atom. The maximum Gasteiger partial charge on any atom is 0.416 e. The zero-order valence-electron chi connectivity index (χ0n) is 13.9. The zero-order chi connectivity index (χ0) is 18.9. The number of benzene rings is 1. The quantitative estimate of drug-likeness (QED) is 0.346. The molecule has 25 heavy (non-hydrogen) atoms. The Morgan fingerprint density at radius 2 is 2.12 bits per heavy atom. The number of carbonyl (C=O) groups excluding carboxylic acids is 1. The fourth-order valence-electron chi connectivity index (χ4n) is 1.77. The number of nitrogens with zero attached hydrogens (tertiary/aromatic N) is 1. The third-order valence-electron chi connectivity index (χ3n) is 3.03. The number of hydrogen-bond acceptors (Lipinski definition) is 3. The van der Waals surface area contributed by atoms with Gasteiger partial charge in [0.05, 0.1) is 5.56 Å². The number of methoxy groups -OCH3 is 1. The third-order valence-corrected chi connectivity index (χ3v) is 3.44. The fraction of sp³-hybridized carbons (Fsp3) is 0.375. The summed E-state index contributed by atoms with van der Waals surface area (Å²) in [6.07, 6.45) is -1.23. The lowest BCUT2D eigenvalue weighted by atomic mass is 10.1. The summed E-state index contributed by atoms with van der Waals surface area (Å²) in [4.78, 5) is 11.8. The first kappa shape index (κ1) is 20.9. The summed E-state index contributed by atoms with van der Waals surface area (Å²) in [7, 11) is 3.16. The van der Waals surface area contributed by atoms with Gasteiger partial charge in [0, 0.05) is 33.4 Å². The number of nitrogens with one attached hydrogen (secondary N) is 2. The highest BCUT2D eigenvalue weighted by Crippen LogP contribution is 2.29. The topological polar surface area (TPSA) is 53.6 Å². The molecule has 0 spiro atoms. The van der Waals surface area contributed by atoms with Crippen LogP contribution in [0.25, 0.3) is 6.08 Å². The van der Waals surface area contributed by atoms with Gasteiger partial charge in [-0.2, -0.15) is 13.2 Å². The van der Waals surface area contributed by atoms with Gasteiger partial charge in [-0.3, -0.25) is 15.2 Å². The molecule has 1 aromatic rings. The number of hydrogen-bond donors (Lipinski definition) is 2. The van der Waals surface area contributed by atoms with E-state index in [9.17, 15) is 18.0 Å². The predicted molar refractivity (Wildman–Crippen MR) is 93.5 cm³/mol. The highest BCUT2D eigenvalue weighted by Gasteiger charge is 2.30. The van der Waals surface area contributed by atoms with Crippen LogP contribution in [0.2, 0.25) is 0 Å². The van der Waals surface area contributed by atoms with Crippen LogP contribution in [-0.4, -0.2) is 43.3 Å². The van der Waals surface area contributed by atoms with E-state index in [1.807, 2.05) is 0 Å². The van der Waals surface area contributed by atoms with E-state index in [0.29, 0.717) is 18.3 Å². The first-order valence-electron chi connectivity index (χ1n) is 7.40. The van der Waals surface area contributed by atoms with E-state index in [-0.39, 0.29) is 5.56 Å². The van der Waals surface area contributed by atoms with Crippen LogP contribution in [0.1, 0.15) is 17.5 Å². The molecular weight excluding hydrogens is 355 g/mol. The van der Waals surface area contributed by atoms with E-state index in [4.69, 9.17) is 17.0 Å². The Bertz CT molecular complexity index is 621. The minimum Gasteiger partial charge on any atom is -0.385 e. The lowest BCUT2D eigenvalue weighted by molar-refractivity contribution is -0.137. The van der Waals surface area contributed by atoms with Crippen LogP contribution in [0.3, 0.4) is 0 Å². The average Bonchev–Trinajstić information content (AvgIpc) is 2.56. The molecule has 0 aliphatic carbocycles. The Hall–Kier alpha value is -2.13. The summed E-state index contributed by atoms with van der Waals surface area (Å²) in [5, 5.41) is 4.57. The zero-order valence-corrected chi connectivity index (χ0v) is 14.7. The fourth-order valence-corrected chi connectivity index (χ4v) is 1.92. The second-order valence-corrected chi connectivity index (χ2v) is 5.46. The summed E-state index contributed by atoms with van der Waals surface area (Å²) in [6.45, 7) is 1.18. The molecule has 0 aromatic heterocycles. The van der Waals surface area contributed by atoms with Crippen LogP contribution < -0.4 is 10.7 Å². The van der Waals surface area contributed by atoms with Gasteiger partial charge in [-0.05, 0) is 42.4 Å². The molecule has 0 atom stereocenters. The van der Waals surface area contributed by atoms with Crippen molar-refractivity contribution in [1.29, 1.82) is 0 Å². The van der Waals surface area contributed by atoms with E-state index >= 15 is 0 Å². The molecule has 0 unspecified atom stereocenters. The number of rotatable bonds is 6. The van der Waals surface area contributed by atoms with E-state index in [2.05, 4.69) is 10.7 Å². The van der Waals surface area contributed by atoms with Gasteiger partial charge >= 0.3 is 6.18 Å². The summed E-state index contributed by atoms with van der Waals surface area (Å²) >= 11 is 5.09. The highest BCUT2D eigenvalue weighted by molar-refractivity contribution is 7.80. The summed E-state index contributed by atoms with van der Waals surface area (Å²) < 4.78 is 42.8. The molecule has 5 nitrogen and oxygen atoms in total. The molecule has 0 bridgehead atoms. The van der Waals surface area contributed by atoms with Crippen LogP contribution >= 0.6 is 12.2 Å². The Labute approximate surface area is 149 Å². The van der Waals surface area contributed by atoms with Crippen LogP contribution in [0, 0.1) is 0 Å². The molecule has 0 fully saturated rings. The van der Waals surface area contributed by atoms with E-state index in [1.165, 1.54) is 23.2 Å². The lowest BCUT2D eigenvalue weighted by Crippen LogP contribution is -2.47. The van der Waals surface area contributed by atoms with Crippen molar-refractivity contribution < 1.29 is 22.7 Å². The Kier molecular flexibility index (Phi) is 8.36. The molecule has 1 amide bonds. The summed E-state index contributed by atoms with van der Waals surface area (Å²) in [6, 6.07) is 4.70. The minimum atomic E-state index is -4.42. The van der Waals surface area contributed by atoms with Crippen LogP contribution in [0.4, 0.5) is 13.2 Å². The van der Waals surface area contributed by atoms with Crippen molar-refractivity contribution >= 4 is 29.3 Å².